The molecule has 5 aromatic rings. The number of pyridine rings is 3. The lowest BCUT2D eigenvalue weighted by Gasteiger charge is -2.11. The van der Waals surface area contributed by atoms with E-state index in [4.69, 9.17) is 11.6 Å². The second-order valence-electron chi connectivity index (χ2n) is 6.18. The molecule has 1 N–H and O–H groups in total. The maximum atomic E-state index is 14.5. The van der Waals surface area contributed by atoms with Crippen molar-refractivity contribution < 1.29 is 4.39 Å². The van der Waals surface area contributed by atoms with Gasteiger partial charge in [0.2, 0.25) is 0 Å². The average molecular weight is 392 g/mol. The molecule has 0 saturated carbocycles. The van der Waals surface area contributed by atoms with Crippen LogP contribution in [0.3, 0.4) is 0 Å². The molecule has 28 heavy (non-hydrogen) atoms. The van der Waals surface area contributed by atoms with Gasteiger partial charge in [-0.25, -0.2) is 19.2 Å². The van der Waals surface area contributed by atoms with Crippen molar-refractivity contribution in [3.63, 3.8) is 0 Å². The molecule has 0 saturated heterocycles. The van der Waals surface area contributed by atoms with Gasteiger partial charge >= 0.3 is 5.69 Å². The van der Waals surface area contributed by atoms with E-state index in [1.807, 2.05) is 6.07 Å². The number of hydrogen-bond acceptors (Lipinski definition) is 4. The van der Waals surface area contributed by atoms with Crippen LogP contribution in [0.4, 0.5) is 4.39 Å². The Morgan fingerprint density at radius 1 is 1.11 bits per heavy atom. The van der Waals surface area contributed by atoms with E-state index in [-0.39, 0.29) is 11.3 Å². The molecule has 0 amide bonds. The normalized spacial score (nSPS) is 11.4. The number of halogens is 2. The highest BCUT2D eigenvalue weighted by atomic mass is 35.5. The van der Waals surface area contributed by atoms with Crippen LogP contribution in [0.5, 0.6) is 0 Å². The quantitative estimate of drug-likeness (QED) is 0.491. The summed E-state index contributed by atoms with van der Waals surface area (Å²) in [6.45, 7) is 0. The Bertz CT molecular complexity index is 1430. The van der Waals surface area contributed by atoms with Crippen LogP contribution in [0.15, 0.2) is 65.8 Å². The summed E-state index contributed by atoms with van der Waals surface area (Å²) < 4.78 is 16.0. The highest BCUT2D eigenvalue weighted by Gasteiger charge is 2.16. The summed E-state index contributed by atoms with van der Waals surface area (Å²) >= 11 is 6.05. The number of H-pyrrole nitrogens is 1. The lowest BCUT2D eigenvalue weighted by atomic mass is 10.1. The third-order valence-electron chi connectivity index (χ3n) is 4.49. The van der Waals surface area contributed by atoms with Crippen LogP contribution >= 0.6 is 11.6 Å². The lowest BCUT2D eigenvalue weighted by Crippen LogP contribution is -2.15. The van der Waals surface area contributed by atoms with E-state index >= 15 is 0 Å². The molecule has 0 atom stereocenters. The minimum Gasteiger partial charge on any atom is -0.304 e. The number of hydrogen-bond donors (Lipinski definition) is 1. The topological polar surface area (TPSA) is 76.5 Å². The van der Waals surface area contributed by atoms with Crippen LogP contribution in [-0.4, -0.2) is 24.5 Å². The van der Waals surface area contributed by atoms with Gasteiger partial charge in [-0.1, -0.05) is 11.6 Å². The van der Waals surface area contributed by atoms with Crippen LogP contribution < -0.4 is 5.69 Å². The maximum Gasteiger partial charge on any atom is 0.331 e. The molecular weight excluding hydrogens is 381 g/mol. The van der Waals surface area contributed by atoms with Crippen molar-refractivity contribution >= 4 is 33.7 Å². The van der Waals surface area contributed by atoms with Crippen LogP contribution in [0.2, 0.25) is 5.02 Å². The van der Waals surface area contributed by atoms with E-state index in [0.717, 1.165) is 0 Å². The number of imidazole rings is 1. The molecular formula is C20H11ClFN5O. The smallest absolute Gasteiger partial charge is 0.304 e. The van der Waals surface area contributed by atoms with Gasteiger partial charge in [0.1, 0.15) is 5.82 Å². The Kier molecular flexibility index (Phi) is 3.70. The Morgan fingerprint density at radius 2 is 2.00 bits per heavy atom. The number of benzene rings is 1. The first kappa shape index (κ1) is 16.6. The highest BCUT2D eigenvalue weighted by molar-refractivity contribution is 6.30. The monoisotopic (exact) mass is 391 g/mol. The van der Waals surface area contributed by atoms with Crippen molar-refractivity contribution in [1.29, 1.82) is 0 Å². The van der Waals surface area contributed by atoms with Gasteiger partial charge < -0.3 is 4.98 Å². The summed E-state index contributed by atoms with van der Waals surface area (Å²) in [7, 11) is 0. The SMILES string of the molecule is O=c1[nH]c2cnccc2n1-c1cc(-c2cc(Cl)ccc2F)nc2ncccc12. The van der Waals surface area contributed by atoms with E-state index in [9.17, 15) is 9.18 Å². The second-order valence-corrected chi connectivity index (χ2v) is 6.62. The molecule has 0 aliphatic heterocycles. The highest BCUT2D eigenvalue weighted by Crippen LogP contribution is 2.30. The molecule has 1 aromatic carbocycles. The summed E-state index contributed by atoms with van der Waals surface area (Å²) in [5.74, 6) is -0.464. The molecule has 136 valence electrons. The van der Waals surface area contributed by atoms with Crippen LogP contribution in [0.1, 0.15) is 0 Å². The Balaban J connectivity index is 1.90. The fraction of sp³-hybridized carbons (Fsp3) is 0. The predicted molar refractivity (Wildman–Crippen MR) is 105 cm³/mol. The van der Waals surface area contributed by atoms with E-state index < -0.39 is 5.82 Å². The third kappa shape index (κ3) is 2.56. The van der Waals surface area contributed by atoms with Crippen LogP contribution in [0.25, 0.3) is 39.0 Å². The minimum absolute atomic E-state index is 0.232. The van der Waals surface area contributed by atoms with E-state index in [2.05, 4.69) is 19.9 Å². The summed E-state index contributed by atoms with van der Waals surface area (Å²) in [5, 5.41) is 1.05. The Labute approximate surface area is 162 Å². The molecule has 0 bridgehead atoms. The van der Waals surface area contributed by atoms with E-state index in [1.165, 1.54) is 22.8 Å². The number of nitrogens with zero attached hydrogens (tertiary/aromatic N) is 4. The minimum atomic E-state index is -0.464. The first-order valence-corrected chi connectivity index (χ1v) is 8.76. The first-order chi connectivity index (χ1) is 13.6. The van der Waals surface area contributed by atoms with Gasteiger partial charge in [-0.3, -0.25) is 9.55 Å². The molecule has 6 nitrogen and oxygen atoms in total. The largest absolute Gasteiger partial charge is 0.331 e. The zero-order chi connectivity index (χ0) is 19.3. The zero-order valence-corrected chi connectivity index (χ0v) is 15.0. The fourth-order valence-corrected chi connectivity index (χ4v) is 3.43. The van der Waals surface area contributed by atoms with Gasteiger partial charge in [-0.15, -0.1) is 0 Å². The molecule has 0 unspecified atom stereocenters. The molecule has 8 heteroatoms. The summed E-state index contributed by atoms with van der Waals surface area (Å²) in [6.07, 6.45) is 4.77. The maximum absolute atomic E-state index is 14.5. The number of aromatic nitrogens is 5. The molecule has 4 aromatic heterocycles. The van der Waals surface area contributed by atoms with Crippen molar-refractivity contribution in [2.45, 2.75) is 0 Å². The van der Waals surface area contributed by atoms with Crippen molar-refractivity contribution in [2.75, 3.05) is 0 Å². The fourth-order valence-electron chi connectivity index (χ4n) is 3.25. The molecule has 0 fully saturated rings. The van der Waals surface area contributed by atoms with Gasteiger partial charge in [-0.05, 0) is 42.5 Å². The van der Waals surface area contributed by atoms with Crippen LogP contribution in [-0.2, 0) is 0 Å². The molecule has 0 radical (unpaired) electrons. The third-order valence-corrected chi connectivity index (χ3v) is 4.73. The van der Waals surface area contributed by atoms with Gasteiger partial charge in [0.05, 0.1) is 28.6 Å². The first-order valence-electron chi connectivity index (χ1n) is 8.38. The lowest BCUT2D eigenvalue weighted by molar-refractivity contribution is 0.631. The number of fused-ring (bicyclic) bond motifs is 2. The predicted octanol–water partition coefficient (Wildman–Crippen LogP) is 4.12. The molecule has 5 rings (SSSR count). The average Bonchev–Trinajstić information content (AvgIpc) is 3.04. The Hall–Kier alpha value is -3.58. The van der Waals surface area contributed by atoms with E-state index in [1.54, 1.807) is 36.8 Å². The molecule has 0 aliphatic carbocycles. The van der Waals surface area contributed by atoms with Crippen molar-refractivity contribution in [3.8, 4) is 16.9 Å². The molecule has 0 spiro atoms. The van der Waals surface area contributed by atoms with Gasteiger partial charge in [0.15, 0.2) is 5.65 Å². The number of aromatic amines is 1. The van der Waals surface area contributed by atoms with Crippen molar-refractivity contribution in [3.05, 3.63) is 82.4 Å². The summed E-state index contributed by atoms with van der Waals surface area (Å²) in [5.41, 5.74) is 2.40. The van der Waals surface area contributed by atoms with Gasteiger partial charge in [-0.2, -0.15) is 0 Å². The van der Waals surface area contributed by atoms with Crippen molar-refractivity contribution in [2.24, 2.45) is 0 Å². The second kappa shape index (κ2) is 6.24. The van der Waals surface area contributed by atoms with E-state index in [0.29, 0.717) is 38.5 Å². The van der Waals surface area contributed by atoms with Gasteiger partial charge in [0.25, 0.3) is 0 Å². The molecule has 0 aliphatic rings. The number of rotatable bonds is 2. The Morgan fingerprint density at radius 3 is 2.89 bits per heavy atom. The summed E-state index contributed by atoms with van der Waals surface area (Å²) in [4.78, 5) is 28.3. The van der Waals surface area contributed by atoms with Crippen LogP contribution in [0, 0.1) is 5.82 Å². The standard InChI is InChI=1S/C20H11ClFN5O/c21-11-3-4-14(22)13(8-11)15-9-18(12-2-1-6-24-19(12)25-15)27-17-5-7-23-10-16(17)26-20(27)28/h1-10H,(H,26,28). The van der Waals surface area contributed by atoms with Gasteiger partial charge in [0, 0.05) is 28.4 Å². The number of nitrogens with one attached hydrogen (secondary N) is 1. The zero-order valence-electron chi connectivity index (χ0n) is 14.2. The summed E-state index contributed by atoms with van der Waals surface area (Å²) in [6, 6.07) is 11.2. The van der Waals surface area contributed by atoms with Crippen molar-refractivity contribution in [1.82, 2.24) is 24.5 Å². The molecule has 4 heterocycles.